The van der Waals surface area contributed by atoms with Crippen molar-refractivity contribution in [3.8, 4) is 5.75 Å². The summed E-state index contributed by atoms with van der Waals surface area (Å²) in [5.41, 5.74) is 4.17. The number of rotatable bonds is 2. The van der Waals surface area contributed by atoms with Crippen LogP contribution < -0.4 is 5.32 Å². The molecule has 0 fully saturated rings. The molecule has 0 aliphatic heterocycles. The predicted molar refractivity (Wildman–Crippen MR) is 81.7 cm³/mol. The van der Waals surface area contributed by atoms with Gasteiger partial charge < -0.3 is 10.4 Å². The Labute approximate surface area is 123 Å². The van der Waals surface area contributed by atoms with Crippen LogP contribution in [0.15, 0.2) is 30.3 Å². The Morgan fingerprint density at radius 2 is 1.70 bits per heavy atom. The molecule has 0 atom stereocenters. The fourth-order valence-electron chi connectivity index (χ4n) is 2.25. The molecule has 0 aliphatic rings. The van der Waals surface area contributed by atoms with E-state index in [1.807, 2.05) is 32.9 Å². The Balaban J connectivity index is 2.35. The second-order valence-electron chi connectivity index (χ2n) is 4.89. The molecule has 0 bridgehead atoms. The summed E-state index contributed by atoms with van der Waals surface area (Å²) in [6.45, 7) is 5.90. The van der Waals surface area contributed by atoms with Crippen molar-refractivity contribution in [2.75, 3.05) is 5.32 Å². The van der Waals surface area contributed by atoms with Crippen LogP contribution in [0.4, 0.5) is 5.69 Å². The highest BCUT2D eigenvalue weighted by Gasteiger charge is 2.14. The highest BCUT2D eigenvalue weighted by Crippen LogP contribution is 2.25. The topological polar surface area (TPSA) is 49.3 Å². The normalized spacial score (nSPS) is 10.4. The lowest BCUT2D eigenvalue weighted by atomic mass is 10.0. The zero-order valence-corrected chi connectivity index (χ0v) is 12.4. The number of nitrogens with one attached hydrogen (secondary N) is 1. The smallest absolute Gasteiger partial charge is 0.257 e. The first-order valence-corrected chi connectivity index (χ1v) is 6.64. The van der Waals surface area contributed by atoms with Crippen molar-refractivity contribution in [2.45, 2.75) is 20.8 Å². The molecule has 2 aromatic carbocycles. The van der Waals surface area contributed by atoms with Gasteiger partial charge in [0.15, 0.2) is 0 Å². The number of halogens is 1. The summed E-state index contributed by atoms with van der Waals surface area (Å²) in [5, 5.41) is 12.6. The highest BCUT2D eigenvalue weighted by molar-refractivity contribution is 6.34. The number of phenolic OH excluding ortho intramolecular Hbond substituents is 1. The van der Waals surface area contributed by atoms with Crippen LogP contribution in [0, 0.1) is 20.8 Å². The third-order valence-electron chi connectivity index (χ3n) is 3.11. The monoisotopic (exact) mass is 289 g/mol. The summed E-state index contributed by atoms with van der Waals surface area (Å²) in [5.74, 6) is -0.321. The SMILES string of the molecule is Cc1cc(C)c(NC(=O)c2cc(O)ccc2Cl)c(C)c1. The molecule has 3 nitrogen and oxygen atoms in total. The predicted octanol–water partition coefficient (Wildman–Crippen LogP) is 4.22. The lowest BCUT2D eigenvalue weighted by Gasteiger charge is -2.13. The van der Waals surface area contributed by atoms with Crippen LogP contribution in [0.25, 0.3) is 0 Å². The summed E-state index contributed by atoms with van der Waals surface area (Å²) < 4.78 is 0. The minimum absolute atomic E-state index is 0.0110. The second-order valence-corrected chi connectivity index (χ2v) is 5.30. The van der Waals surface area contributed by atoms with Crippen LogP contribution in [0.1, 0.15) is 27.0 Å². The fraction of sp³-hybridized carbons (Fsp3) is 0.188. The molecule has 0 saturated carbocycles. The third kappa shape index (κ3) is 2.94. The van der Waals surface area contributed by atoms with E-state index in [0.717, 1.165) is 22.4 Å². The Kier molecular flexibility index (Phi) is 4.00. The molecule has 0 saturated heterocycles. The minimum atomic E-state index is -0.332. The van der Waals surface area contributed by atoms with Gasteiger partial charge in [-0.1, -0.05) is 29.3 Å². The Morgan fingerprint density at radius 3 is 2.30 bits per heavy atom. The van der Waals surface area contributed by atoms with Gasteiger partial charge in [0.2, 0.25) is 0 Å². The molecular weight excluding hydrogens is 274 g/mol. The molecule has 2 rings (SSSR count). The molecular formula is C16H16ClNO2. The van der Waals surface area contributed by atoms with Crippen LogP contribution in [0.5, 0.6) is 5.75 Å². The third-order valence-corrected chi connectivity index (χ3v) is 3.44. The number of aromatic hydroxyl groups is 1. The molecule has 0 aromatic heterocycles. The van der Waals surface area contributed by atoms with Crippen molar-refractivity contribution in [3.05, 3.63) is 57.6 Å². The molecule has 0 heterocycles. The fourth-order valence-corrected chi connectivity index (χ4v) is 2.45. The quantitative estimate of drug-likeness (QED) is 0.869. The average molecular weight is 290 g/mol. The molecule has 104 valence electrons. The van der Waals surface area contributed by atoms with Crippen LogP contribution >= 0.6 is 11.6 Å². The standard InChI is InChI=1S/C16H16ClNO2/c1-9-6-10(2)15(11(3)7-9)18-16(20)13-8-12(19)4-5-14(13)17/h4-8,19H,1-3H3,(H,18,20). The molecule has 0 spiro atoms. The molecule has 1 amide bonds. The lowest BCUT2D eigenvalue weighted by molar-refractivity contribution is 0.102. The molecule has 0 aliphatic carbocycles. The number of benzene rings is 2. The maximum absolute atomic E-state index is 12.3. The van der Waals surface area contributed by atoms with Gasteiger partial charge in [0, 0.05) is 5.69 Å². The maximum atomic E-state index is 12.3. The number of phenols is 1. The van der Waals surface area contributed by atoms with E-state index >= 15 is 0 Å². The second kappa shape index (κ2) is 5.55. The van der Waals surface area contributed by atoms with E-state index in [9.17, 15) is 9.90 Å². The van der Waals surface area contributed by atoms with Crippen LogP contribution in [-0.4, -0.2) is 11.0 Å². The summed E-state index contributed by atoms with van der Waals surface area (Å²) in [7, 11) is 0. The van der Waals surface area contributed by atoms with Crippen molar-refractivity contribution < 1.29 is 9.90 Å². The Hall–Kier alpha value is -2.00. The van der Waals surface area contributed by atoms with Crippen molar-refractivity contribution in [1.29, 1.82) is 0 Å². The summed E-state index contributed by atoms with van der Waals surface area (Å²) in [6.07, 6.45) is 0. The van der Waals surface area contributed by atoms with E-state index in [1.54, 1.807) is 0 Å². The summed E-state index contributed by atoms with van der Waals surface area (Å²) >= 11 is 5.99. The van der Waals surface area contributed by atoms with E-state index in [0.29, 0.717) is 5.02 Å². The Morgan fingerprint density at radius 1 is 1.10 bits per heavy atom. The van der Waals surface area contributed by atoms with Gasteiger partial charge in [-0.2, -0.15) is 0 Å². The Bertz CT molecular complexity index is 657. The lowest BCUT2D eigenvalue weighted by Crippen LogP contribution is -2.14. The van der Waals surface area contributed by atoms with Crippen molar-refractivity contribution in [3.63, 3.8) is 0 Å². The van der Waals surface area contributed by atoms with E-state index in [1.165, 1.54) is 18.2 Å². The summed E-state index contributed by atoms with van der Waals surface area (Å²) in [4.78, 5) is 12.3. The van der Waals surface area contributed by atoms with Gasteiger partial charge in [-0.15, -0.1) is 0 Å². The number of carbonyl (C=O) groups is 1. The molecule has 20 heavy (non-hydrogen) atoms. The van der Waals surface area contributed by atoms with Crippen LogP contribution in [0.2, 0.25) is 5.02 Å². The van der Waals surface area contributed by atoms with Crippen molar-refractivity contribution >= 4 is 23.2 Å². The number of hydrogen-bond acceptors (Lipinski definition) is 2. The summed E-state index contributed by atoms with van der Waals surface area (Å²) in [6, 6.07) is 8.32. The minimum Gasteiger partial charge on any atom is -0.508 e. The molecule has 2 aromatic rings. The van der Waals surface area contributed by atoms with Gasteiger partial charge in [0.1, 0.15) is 5.75 Å². The number of amides is 1. The van der Waals surface area contributed by atoms with Crippen LogP contribution in [-0.2, 0) is 0 Å². The van der Waals surface area contributed by atoms with E-state index in [-0.39, 0.29) is 17.2 Å². The zero-order valence-electron chi connectivity index (χ0n) is 11.6. The first kappa shape index (κ1) is 14.4. The van der Waals surface area contributed by atoms with Gasteiger partial charge >= 0.3 is 0 Å². The van der Waals surface area contributed by atoms with Crippen molar-refractivity contribution in [2.24, 2.45) is 0 Å². The van der Waals surface area contributed by atoms with E-state index in [2.05, 4.69) is 5.32 Å². The van der Waals surface area contributed by atoms with E-state index in [4.69, 9.17) is 11.6 Å². The average Bonchev–Trinajstić information content (AvgIpc) is 2.36. The van der Waals surface area contributed by atoms with Gasteiger partial charge in [-0.3, -0.25) is 4.79 Å². The number of hydrogen-bond donors (Lipinski definition) is 2. The van der Waals surface area contributed by atoms with Gasteiger partial charge in [-0.05, 0) is 50.1 Å². The molecule has 0 unspecified atom stereocenters. The zero-order chi connectivity index (χ0) is 14.9. The molecule has 4 heteroatoms. The van der Waals surface area contributed by atoms with Gasteiger partial charge in [0.25, 0.3) is 5.91 Å². The number of carbonyl (C=O) groups excluding carboxylic acids is 1. The first-order valence-electron chi connectivity index (χ1n) is 6.26. The molecule has 0 radical (unpaired) electrons. The van der Waals surface area contributed by atoms with E-state index < -0.39 is 0 Å². The van der Waals surface area contributed by atoms with Crippen LogP contribution in [0.3, 0.4) is 0 Å². The van der Waals surface area contributed by atoms with Gasteiger partial charge in [0.05, 0.1) is 10.6 Å². The molecule has 2 N–H and O–H groups in total. The maximum Gasteiger partial charge on any atom is 0.257 e. The number of aryl methyl sites for hydroxylation is 3. The largest absolute Gasteiger partial charge is 0.508 e. The highest BCUT2D eigenvalue weighted by atomic mass is 35.5. The van der Waals surface area contributed by atoms with Crippen molar-refractivity contribution in [1.82, 2.24) is 0 Å². The first-order chi connectivity index (χ1) is 9.38. The number of anilines is 1. The van der Waals surface area contributed by atoms with Gasteiger partial charge in [-0.25, -0.2) is 0 Å².